The average molecular weight is 298 g/mol. The number of hydrogen-bond acceptors (Lipinski definition) is 2. The highest BCUT2D eigenvalue weighted by molar-refractivity contribution is 5.06. The second kappa shape index (κ2) is 6.17. The molecule has 2 aliphatic carbocycles. The van der Waals surface area contributed by atoms with E-state index >= 15 is 0 Å². The Kier molecular flexibility index (Phi) is 5.07. The van der Waals surface area contributed by atoms with Crippen molar-refractivity contribution in [1.29, 1.82) is 0 Å². The maximum atomic E-state index is 10.4. The van der Waals surface area contributed by atoms with Gasteiger partial charge in [0.15, 0.2) is 0 Å². The van der Waals surface area contributed by atoms with Gasteiger partial charge in [0.2, 0.25) is 0 Å². The third-order valence-corrected chi connectivity index (χ3v) is 6.91. The lowest BCUT2D eigenvalue weighted by atomic mass is 9.80. The maximum Gasteiger partial charge on any atom is 0.126 e. The van der Waals surface area contributed by atoms with Crippen molar-refractivity contribution in [3.8, 4) is 0 Å². The minimum atomic E-state index is -0.343. The highest BCUT2D eigenvalue weighted by atomic mass is 16.5. The summed E-state index contributed by atoms with van der Waals surface area (Å²) in [7, 11) is 2.21. The lowest BCUT2D eigenvalue weighted by Gasteiger charge is -2.35. The molecule has 0 aromatic rings. The first-order valence-corrected chi connectivity index (χ1v) is 8.88. The number of aliphatic hydroxyl groups is 1. The molecular weight excluding hydrogens is 262 g/mol. The molecule has 5 unspecified atom stereocenters. The van der Waals surface area contributed by atoms with Gasteiger partial charge in [-0.3, -0.25) is 0 Å². The SMILES string of the molecule is CC[N+](C)(CC)CC(O)COC1C(C)C2CCC1C2(C)C. The lowest BCUT2D eigenvalue weighted by molar-refractivity contribution is -0.909. The van der Waals surface area contributed by atoms with Gasteiger partial charge < -0.3 is 14.3 Å². The molecule has 0 aromatic heterocycles. The Labute approximate surface area is 131 Å². The molecule has 5 atom stereocenters. The smallest absolute Gasteiger partial charge is 0.126 e. The second-order valence-electron chi connectivity index (χ2n) is 8.36. The van der Waals surface area contributed by atoms with E-state index in [4.69, 9.17) is 4.74 Å². The summed E-state index contributed by atoms with van der Waals surface area (Å²) < 4.78 is 7.14. The Bertz CT molecular complexity index is 351. The number of ether oxygens (including phenoxy) is 1. The minimum absolute atomic E-state index is 0.343. The molecule has 21 heavy (non-hydrogen) atoms. The van der Waals surface area contributed by atoms with E-state index in [1.165, 1.54) is 12.8 Å². The number of likely N-dealkylation sites (N-methyl/N-ethyl adjacent to an activating group) is 1. The summed E-state index contributed by atoms with van der Waals surface area (Å²) in [6.45, 7) is 15.0. The van der Waals surface area contributed by atoms with E-state index in [9.17, 15) is 5.11 Å². The van der Waals surface area contributed by atoms with Gasteiger partial charge in [-0.1, -0.05) is 20.8 Å². The van der Waals surface area contributed by atoms with Crippen molar-refractivity contribution in [1.82, 2.24) is 0 Å². The molecule has 2 bridgehead atoms. The van der Waals surface area contributed by atoms with Crippen molar-refractivity contribution in [2.75, 3.05) is 33.3 Å². The van der Waals surface area contributed by atoms with E-state index < -0.39 is 0 Å². The van der Waals surface area contributed by atoms with Crippen LogP contribution in [0.5, 0.6) is 0 Å². The normalized spacial score (nSPS) is 36.1. The highest BCUT2D eigenvalue weighted by Gasteiger charge is 2.57. The highest BCUT2D eigenvalue weighted by Crippen LogP contribution is 2.60. The molecule has 124 valence electrons. The molecule has 1 N–H and O–H groups in total. The topological polar surface area (TPSA) is 29.5 Å². The summed E-state index contributed by atoms with van der Waals surface area (Å²) in [5.41, 5.74) is 0.423. The second-order valence-corrected chi connectivity index (χ2v) is 8.36. The Balaban J connectivity index is 1.87. The fourth-order valence-corrected chi connectivity index (χ4v) is 5.04. The molecule has 2 rings (SSSR count). The van der Waals surface area contributed by atoms with E-state index in [2.05, 4.69) is 41.7 Å². The molecule has 2 saturated carbocycles. The van der Waals surface area contributed by atoms with Crippen LogP contribution in [-0.2, 0) is 4.74 Å². The summed E-state index contributed by atoms with van der Waals surface area (Å²) in [5.74, 6) is 2.13. The van der Waals surface area contributed by atoms with Crippen LogP contribution in [0.1, 0.15) is 47.5 Å². The van der Waals surface area contributed by atoms with E-state index in [0.717, 1.165) is 30.0 Å². The molecule has 3 nitrogen and oxygen atoms in total. The molecular formula is C18H36NO2+. The predicted molar refractivity (Wildman–Crippen MR) is 87.0 cm³/mol. The van der Waals surface area contributed by atoms with Crippen LogP contribution in [0.4, 0.5) is 0 Å². The molecule has 2 fully saturated rings. The molecule has 0 radical (unpaired) electrons. The Morgan fingerprint density at radius 1 is 1.19 bits per heavy atom. The zero-order valence-electron chi connectivity index (χ0n) is 14.9. The summed E-state index contributed by atoms with van der Waals surface area (Å²) >= 11 is 0. The maximum absolute atomic E-state index is 10.4. The zero-order valence-corrected chi connectivity index (χ0v) is 14.9. The van der Waals surface area contributed by atoms with Crippen molar-refractivity contribution < 1.29 is 14.3 Å². The number of hydrogen-bond donors (Lipinski definition) is 1. The van der Waals surface area contributed by atoms with E-state index in [1.807, 2.05) is 0 Å². The van der Waals surface area contributed by atoms with Gasteiger partial charge in [-0.15, -0.1) is 0 Å². The summed E-state index contributed by atoms with van der Waals surface area (Å²) in [6, 6.07) is 0. The molecule has 3 heteroatoms. The Morgan fingerprint density at radius 2 is 1.76 bits per heavy atom. The van der Waals surface area contributed by atoms with Gasteiger partial charge >= 0.3 is 0 Å². The first-order valence-electron chi connectivity index (χ1n) is 8.88. The first-order chi connectivity index (χ1) is 9.75. The third-order valence-electron chi connectivity index (χ3n) is 6.91. The quantitative estimate of drug-likeness (QED) is 0.732. The molecule has 2 aliphatic rings. The van der Waals surface area contributed by atoms with Crippen LogP contribution in [0.25, 0.3) is 0 Å². The van der Waals surface area contributed by atoms with Gasteiger partial charge in [-0.2, -0.15) is 0 Å². The van der Waals surface area contributed by atoms with Crippen molar-refractivity contribution in [3.05, 3.63) is 0 Å². The molecule has 0 amide bonds. The van der Waals surface area contributed by atoms with Gasteiger partial charge in [0, 0.05) is 0 Å². The summed E-state index contributed by atoms with van der Waals surface area (Å²) in [4.78, 5) is 0. The first kappa shape index (κ1) is 17.2. The van der Waals surface area contributed by atoms with Crippen molar-refractivity contribution in [3.63, 3.8) is 0 Å². The van der Waals surface area contributed by atoms with E-state index in [-0.39, 0.29) is 6.10 Å². The minimum Gasteiger partial charge on any atom is -0.385 e. The van der Waals surface area contributed by atoms with Crippen molar-refractivity contribution in [2.45, 2.75) is 59.7 Å². The van der Waals surface area contributed by atoms with Gasteiger partial charge in [0.05, 0.1) is 32.8 Å². The molecule has 0 aromatic carbocycles. The van der Waals surface area contributed by atoms with E-state index in [1.54, 1.807) is 0 Å². The standard InChI is InChI=1S/C18H36NO2/c1-7-19(6,8-2)11-14(20)12-21-17-13(3)15-9-10-16(17)18(15,4)5/h13-17,20H,7-12H2,1-6H3/q+1. The van der Waals surface area contributed by atoms with Crippen molar-refractivity contribution in [2.24, 2.45) is 23.2 Å². The predicted octanol–water partition coefficient (Wildman–Crippen LogP) is 2.92. The van der Waals surface area contributed by atoms with E-state index in [0.29, 0.717) is 30.0 Å². The third kappa shape index (κ3) is 3.16. The van der Waals surface area contributed by atoms with Crippen LogP contribution in [0, 0.1) is 23.2 Å². The number of aliphatic hydroxyl groups excluding tert-OH is 1. The Morgan fingerprint density at radius 3 is 2.24 bits per heavy atom. The molecule has 0 aliphatic heterocycles. The fraction of sp³-hybridized carbons (Fsp3) is 1.00. The van der Waals surface area contributed by atoms with Crippen LogP contribution in [-0.4, -0.2) is 55.1 Å². The van der Waals surface area contributed by atoms with Crippen LogP contribution < -0.4 is 0 Å². The molecule has 0 heterocycles. The number of fused-ring (bicyclic) bond motifs is 2. The largest absolute Gasteiger partial charge is 0.385 e. The number of quaternary nitrogens is 1. The van der Waals surface area contributed by atoms with Gasteiger partial charge in [0.25, 0.3) is 0 Å². The van der Waals surface area contributed by atoms with Gasteiger partial charge in [0.1, 0.15) is 12.6 Å². The summed E-state index contributed by atoms with van der Waals surface area (Å²) in [6.07, 6.45) is 2.68. The van der Waals surface area contributed by atoms with Gasteiger partial charge in [-0.05, 0) is 49.9 Å². The average Bonchev–Trinajstić information content (AvgIpc) is 2.83. The molecule has 0 spiro atoms. The van der Waals surface area contributed by atoms with Crippen LogP contribution >= 0.6 is 0 Å². The zero-order chi connectivity index (χ0) is 15.8. The van der Waals surface area contributed by atoms with Crippen molar-refractivity contribution >= 4 is 0 Å². The van der Waals surface area contributed by atoms with Gasteiger partial charge in [-0.25, -0.2) is 0 Å². The van der Waals surface area contributed by atoms with Crippen LogP contribution in [0.2, 0.25) is 0 Å². The van der Waals surface area contributed by atoms with Crippen LogP contribution in [0.15, 0.2) is 0 Å². The van der Waals surface area contributed by atoms with Crippen LogP contribution in [0.3, 0.4) is 0 Å². The lowest BCUT2D eigenvalue weighted by Crippen LogP contribution is -2.50. The molecule has 0 saturated heterocycles. The summed E-state index contributed by atoms with van der Waals surface area (Å²) in [5, 5.41) is 10.4. The number of rotatable bonds is 7. The monoisotopic (exact) mass is 298 g/mol. The number of nitrogens with zero attached hydrogens (tertiary/aromatic N) is 1. The fourth-order valence-electron chi connectivity index (χ4n) is 5.04. The Hall–Kier alpha value is -0.120.